The Kier molecular flexibility index (Phi) is 3.11. The number of carbonyl (C=O) groups is 1. The van der Waals surface area contributed by atoms with Gasteiger partial charge in [-0.1, -0.05) is 27.7 Å². The Morgan fingerprint density at radius 2 is 2.12 bits per heavy atom. The van der Waals surface area contributed by atoms with Crippen molar-refractivity contribution in [2.24, 2.45) is 11.3 Å². The van der Waals surface area contributed by atoms with Crippen LogP contribution in [0.5, 0.6) is 0 Å². The average molecular weight is 234 g/mol. The molecule has 2 rings (SSSR count). The molecule has 0 aromatic carbocycles. The first-order chi connectivity index (χ1) is 7.89. The van der Waals surface area contributed by atoms with E-state index in [-0.39, 0.29) is 11.2 Å². The molecule has 0 bridgehead atoms. The molecule has 0 saturated carbocycles. The highest BCUT2D eigenvalue weighted by molar-refractivity contribution is 5.98. The molecular weight excluding hydrogens is 212 g/mol. The van der Waals surface area contributed by atoms with Gasteiger partial charge in [0.2, 0.25) is 0 Å². The van der Waals surface area contributed by atoms with Crippen LogP contribution in [0.2, 0.25) is 0 Å². The summed E-state index contributed by atoms with van der Waals surface area (Å²) in [4.78, 5) is 12.0. The van der Waals surface area contributed by atoms with E-state index in [0.29, 0.717) is 12.3 Å². The third kappa shape index (κ3) is 2.59. The van der Waals surface area contributed by atoms with Gasteiger partial charge in [0.15, 0.2) is 5.78 Å². The Morgan fingerprint density at radius 1 is 1.41 bits per heavy atom. The van der Waals surface area contributed by atoms with Crippen LogP contribution in [0, 0.1) is 11.3 Å². The van der Waals surface area contributed by atoms with E-state index in [1.807, 2.05) is 4.68 Å². The molecular formula is C14H22N2O. The zero-order valence-electron chi connectivity index (χ0n) is 11.3. The van der Waals surface area contributed by atoms with Gasteiger partial charge in [-0.3, -0.25) is 9.48 Å². The van der Waals surface area contributed by atoms with Gasteiger partial charge >= 0.3 is 0 Å². The third-order valence-corrected chi connectivity index (χ3v) is 3.45. The molecule has 0 radical (unpaired) electrons. The van der Waals surface area contributed by atoms with Crippen LogP contribution in [-0.2, 0) is 13.0 Å². The smallest absolute Gasteiger partial charge is 0.166 e. The second-order valence-electron chi connectivity index (χ2n) is 6.35. The highest BCUT2D eigenvalue weighted by Gasteiger charge is 2.33. The van der Waals surface area contributed by atoms with Gasteiger partial charge in [-0.15, -0.1) is 0 Å². The minimum absolute atomic E-state index is 0.0830. The zero-order chi connectivity index (χ0) is 12.6. The highest BCUT2D eigenvalue weighted by atomic mass is 16.1. The molecule has 1 aliphatic rings. The maximum atomic E-state index is 12.0. The van der Waals surface area contributed by atoms with Crippen LogP contribution >= 0.6 is 0 Å². The summed E-state index contributed by atoms with van der Waals surface area (Å²) in [6.45, 7) is 9.67. The SMILES string of the molecule is CC(C)CCn1ncc2c1CC(C)(C)CC2=O. The van der Waals surface area contributed by atoms with E-state index in [2.05, 4.69) is 32.8 Å². The van der Waals surface area contributed by atoms with Crippen molar-refractivity contribution < 1.29 is 4.79 Å². The van der Waals surface area contributed by atoms with E-state index < -0.39 is 0 Å². The van der Waals surface area contributed by atoms with Crippen molar-refractivity contribution in [3.8, 4) is 0 Å². The Labute approximate surface area is 103 Å². The lowest BCUT2D eigenvalue weighted by Crippen LogP contribution is -2.28. The molecule has 3 heteroatoms. The van der Waals surface area contributed by atoms with Gasteiger partial charge < -0.3 is 0 Å². The number of hydrogen-bond acceptors (Lipinski definition) is 2. The van der Waals surface area contributed by atoms with Crippen molar-refractivity contribution in [3.63, 3.8) is 0 Å². The largest absolute Gasteiger partial charge is 0.294 e. The van der Waals surface area contributed by atoms with Crippen LogP contribution in [-0.4, -0.2) is 15.6 Å². The summed E-state index contributed by atoms with van der Waals surface area (Å²) in [7, 11) is 0. The van der Waals surface area contributed by atoms with Gasteiger partial charge in [-0.25, -0.2) is 0 Å². The van der Waals surface area contributed by atoms with Crippen molar-refractivity contribution >= 4 is 5.78 Å². The fourth-order valence-corrected chi connectivity index (χ4v) is 2.45. The molecule has 0 saturated heterocycles. The van der Waals surface area contributed by atoms with E-state index in [9.17, 15) is 4.79 Å². The molecule has 0 amide bonds. The monoisotopic (exact) mass is 234 g/mol. The van der Waals surface area contributed by atoms with Gasteiger partial charge in [0.1, 0.15) is 0 Å². The molecule has 0 aliphatic heterocycles. The molecule has 0 unspecified atom stereocenters. The maximum Gasteiger partial charge on any atom is 0.166 e. The number of aromatic nitrogens is 2. The minimum Gasteiger partial charge on any atom is -0.294 e. The lowest BCUT2D eigenvalue weighted by molar-refractivity contribution is 0.0910. The molecule has 17 heavy (non-hydrogen) atoms. The Balaban J connectivity index is 2.25. The summed E-state index contributed by atoms with van der Waals surface area (Å²) in [5, 5.41) is 4.38. The summed E-state index contributed by atoms with van der Waals surface area (Å²) in [6, 6.07) is 0. The lowest BCUT2D eigenvalue weighted by atomic mass is 9.76. The quantitative estimate of drug-likeness (QED) is 0.805. The Morgan fingerprint density at radius 3 is 2.76 bits per heavy atom. The molecule has 1 aromatic heterocycles. The van der Waals surface area contributed by atoms with Gasteiger partial charge in [0.25, 0.3) is 0 Å². The molecule has 0 fully saturated rings. The number of Topliss-reactive ketones (excluding diaryl/α,β-unsaturated/α-hetero) is 1. The molecule has 0 atom stereocenters. The standard InChI is InChI=1S/C14H22N2O/c1-10(2)5-6-16-12-7-14(3,4)8-13(17)11(12)9-15-16/h9-10H,5-8H2,1-4H3. The second-order valence-corrected chi connectivity index (χ2v) is 6.35. The van der Waals surface area contributed by atoms with Gasteiger partial charge in [0, 0.05) is 18.7 Å². The van der Waals surface area contributed by atoms with E-state index >= 15 is 0 Å². The Bertz CT molecular complexity index is 429. The van der Waals surface area contributed by atoms with Crippen molar-refractivity contribution in [2.45, 2.75) is 53.5 Å². The summed E-state index contributed by atoms with van der Waals surface area (Å²) in [5.74, 6) is 0.925. The van der Waals surface area contributed by atoms with E-state index in [1.165, 1.54) is 0 Å². The average Bonchev–Trinajstić information content (AvgIpc) is 2.56. The molecule has 1 aromatic rings. The van der Waals surface area contributed by atoms with E-state index in [4.69, 9.17) is 0 Å². The lowest BCUT2D eigenvalue weighted by Gasteiger charge is -2.29. The van der Waals surface area contributed by atoms with E-state index in [1.54, 1.807) is 6.20 Å². The molecule has 1 aliphatic carbocycles. The zero-order valence-corrected chi connectivity index (χ0v) is 11.3. The van der Waals surface area contributed by atoms with Crippen LogP contribution in [0.4, 0.5) is 0 Å². The van der Waals surface area contributed by atoms with Crippen LogP contribution in [0.3, 0.4) is 0 Å². The van der Waals surface area contributed by atoms with Crippen LogP contribution in [0.1, 0.15) is 56.6 Å². The fourth-order valence-electron chi connectivity index (χ4n) is 2.45. The highest BCUT2D eigenvalue weighted by Crippen LogP contribution is 2.34. The summed E-state index contributed by atoms with van der Waals surface area (Å²) < 4.78 is 2.04. The first-order valence-corrected chi connectivity index (χ1v) is 6.47. The summed E-state index contributed by atoms with van der Waals surface area (Å²) in [5.41, 5.74) is 2.08. The third-order valence-electron chi connectivity index (χ3n) is 3.45. The first kappa shape index (κ1) is 12.3. The number of hydrogen-bond donors (Lipinski definition) is 0. The second kappa shape index (κ2) is 4.28. The van der Waals surface area contributed by atoms with Gasteiger partial charge in [0.05, 0.1) is 11.8 Å². The number of rotatable bonds is 3. The first-order valence-electron chi connectivity index (χ1n) is 6.47. The number of aryl methyl sites for hydroxylation is 1. The predicted octanol–water partition coefficient (Wildman–Crippen LogP) is 3.08. The summed E-state index contributed by atoms with van der Waals surface area (Å²) in [6.07, 6.45) is 4.48. The molecule has 94 valence electrons. The van der Waals surface area contributed by atoms with Crippen LogP contribution in [0.15, 0.2) is 6.20 Å². The predicted molar refractivity (Wildman–Crippen MR) is 68.1 cm³/mol. The van der Waals surface area contributed by atoms with Gasteiger partial charge in [-0.2, -0.15) is 5.10 Å². The van der Waals surface area contributed by atoms with Crippen molar-refractivity contribution in [1.29, 1.82) is 0 Å². The molecule has 1 heterocycles. The van der Waals surface area contributed by atoms with Crippen LogP contribution in [0.25, 0.3) is 0 Å². The Hall–Kier alpha value is -1.12. The molecule has 3 nitrogen and oxygen atoms in total. The summed E-state index contributed by atoms with van der Waals surface area (Å²) >= 11 is 0. The van der Waals surface area contributed by atoms with Gasteiger partial charge in [-0.05, 0) is 24.2 Å². The van der Waals surface area contributed by atoms with Crippen molar-refractivity contribution in [3.05, 3.63) is 17.5 Å². The topological polar surface area (TPSA) is 34.9 Å². The normalized spacial score (nSPS) is 18.5. The minimum atomic E-state index is 0.0830. The number of carbonyl (C=O) groups excluding carboxylic acids is 1. The number of nitrogens with zero attached hydrogens (tertiary/aromatic N) is 2. The van der Waals surface area contributed by atoms with E-state index in [0.717, 1.165) is 30.6 Å². The maximum absolute atomic E-state index is 12.0. The molecule has 0 spiro atoms. The fraction of sp³-hybridized carbons (Fsp3) is 0.714. The molecule has 0 N–H and O–H groups in total. The number of ketones is 1. The van der Waals surface area contributed by atoms with Crippen LogP contribution < -0.4 is 0 Å². The van der Waals surface area contributed by atoms with Crippen molar-refractivity contribution in [2.75, 3.05) is 0 Å². The number of fused-ring (bicyclic) bond motifs is 1. The van der Waals surface area contributed by atoms with Crippen molar-refractivity contribution in [1.82, 2.24) is 9.78 Å².